The summed E-state index contributed by atoms with van der Waals surface area (Å²) in [5, 5.41) is 3.79. The van der Waals surface area contributed by atoms with E-state index in [2.05, 4.69) is 10.3 Å². The SMILES string of the molecule is CCOc1ncccc1CNC(=O)Cc1c(Cl)cccc1Cl. The minimum atomic E-state index is -0.165. The Morgan fingerprint density at radius 1 is 1.23 bits per heavy atom. The zero-order valence-corrected chi connectivity index (χ0v) is 13.6. The van der Waals surface area contributed by atoms with E-state index in [1.54, 1.807) is 30.5 Å². The number of nitrogens with one attached hydrogen (secondary N) is 1. The Kier molecular flexibility index (Phi) is 6.04. The smallest absolute Gasteiger partial charge is 0.224 e. The molecule has 4 nitrogen and oxygen atoms in total. The van der Waals surface area contributed by atoms with E-state index in [0.29, 0.717) is 34.6 Å². The summed E-state index contributed by atoms with van der Waals surface area (Å²) < 4.78 is 5.42. The van der Waals surface area contributed by atoms with Crippen molar-refractivity contribution in [3.8, 4) is 5.88 Å². The van der Waals surface area contributed by atoms with Crippen molar-refractivity contribution >= 4 is 29.1 Å². The van der Waals surface area contributed by atoms with Crippen LogP contribution in [0.25, 0.3) is 0 Å². The van der Waals surface area contributed by atoms with E-state index in [4.69, 9.17) is 27.9 Å². The molecule has 116 valence electrons. The van der Waals surface area contributed by atoms with E-state index in [0.717, 1.165) is 5.56 Å². The van der Waals surface area contributed by atoms with Crippen LogP contribution in [0.3, 0.4) is 0 Å². The first kappa shape index (κ1) is 16.6. The number of aromatic nitrogens is 1. The van der Waals surface area contributed by atoms with Crippen LogP contribution >= 0.6 is 23.2 Å². The summed E-state index contributed by atoms with van der Waals surface area (Å²) in [6, 6.07) is 8.83. The van der Waals surface area contributed by atoms with Gasteiger partial charge in [-0.1, -0.05) is 35.3 Å². The number of pyridine rings is 1. The molecule has 0 spiro atoms. The Labute approximate surface area is 139 Å². The van der Waals surface area contributed by atoms with Crippen molar-refractivity contribution < 1.29 is 9.53 Å². The van der Waals surface area contributed by atoms with Crippen LogP contribution in [0, 0.1) is 0 Å². The zero-order chi connectivity index (χ0) is 15.9. The highest BCUT2D eigenvalue weighted by molar-refractivity contribution is 6.36. The third-order valence-electron chi connectivity index (χ3n) is 3.01. The molecule has 22 heavy (non-hydrogen) atoms. The second kappa shape index (κ2) is 8.01. The molecule has 0 aliphatic carbocycles. The third-order valence-corrected chi connectivity index (χ3v) is 3.71. The molecule has 6 heteroatoms. The largest absolute Gasteiger partial charge is 0.478 e. The summed E-state index contributed by atoms with van der Waals surface area (Å²) in [6.45, 7) is 2.74. The van der Waals surface area contributed by atoms with Gasteiger partial charge in [0.25, 0.3) is 0 Å². The van der Waals surface area contributed by atoms with Gasteiger partial charge < -0.3 is 10.1 Å². The molecule has 0 saturated heterocycles. The molecule has 0 aliphatic rings. The Hall–Kier alpha value is -1.78. The number of hydrogen-bond donors (Lipinski definition) is 1. The molecule has 0 saturated carbocycles. The van der Waals surface area contributed by atoms with Crippen LogP contribution in [0.15, 0.2) is 36.5 Å². The zero-order valence-electron chi connectivity index (χ0n) is 12.1. The molecule has 0 aliphatic heterocycles. The van der Waals surface area contributed by atoms with Crippen LogP contribution in [0.1, 0.15) is 18.1 Å². The minimum Gasteiger partial charge on any atom is -0.478 e. The molecule has 0 bridgehead atoms. The predicted octanol–water partition coefficient (Wildman–Crippen LogP) is 3.65. The molecule has 1 amide bonds. The molecule has 0 unspecified atom stereocenters. The van der Waals surface area contributed by atoms with Gasteiger partial charge in [-0.25, -0.2) is 4.98 Å². The maximum atomic E-state index is 12.1. The third kappa shape index (κ3) is 4.36. The van der Waals surface area contributed by atoms with Crippen molar-refractivity contribution in [1.29, 1.82) is 0 Å². The van der Waals surface area contributed by atoms with Crippen LogP contribution in [0.5, 0.6) is 5.88 Å². The molecule has 2 aromatic rings. The molecule has 1 aromatic carbocycles. The predicted molar refractivity (Wildman–Crippen MR) is 87.4 cm³/mol. The monoisotopic (exact) mass is 338 g/mol. The van der Waals surface area contributed by atoms with Gasteiger partial charge in [-0.05, 0) is 30.7 Å². The van der Waals surface area contributed by atoms with Crippen LogP contribution in [-0.2, 0) is 17.8 Å². The summed E-state index contributed by atoms with van der Waals surface area (Å²) >= 11 is 12.1. The molecular weight excluding hydrogens is 323 g/mol. The number of benzene rings is 1. The highest BCUT2D eigenvalue weighted by Crippen LogP contribution is 2.24. The molecule has 2 rings (SSSR count). The fourth-order valence-electron chi connectivity index (χ4n) is 1.94. The van der Waals surface area contributed by atoms with E-state index in [1.165, 1.54) is 0 Å². The molecule has 1 heterocycles. The maximum Gasteiger partial charge on any atom is 0.224 e. The van der Waals surface area contributed by atoms with Gasteiger partial charge in [-0.15, -0.1) is 0 Å². The Balaban J connectivity index is 1.99. The standard InChI is InChI=1S/C16H16Cl2N2O2/c1-2-22-16-11(5-4-8-19-16)10-20-15(21)9-12-13(17)6-3-7-14(12)18/h3-8H,2,9-10H2,1H3,(H,20,21). The number of hydrogen-bond acceptors (Lipinski definition) is 3. The molecular formula is C16H16Cl2N2O2. The van der Waals surface area contributed by atoms with E-state index in [9.17, 15) is 4.79 Å². The Bertz CT molecular complexity index is 642. The number of ether oxygens (including phenoxy) is 1. The number of rotatable bonds is 6. The lowest BCUT2D eigenvalue weighted by molar-refractivity contribution is -0.120. The fraction of sp³-hybridized carbons (Fsp3) is 0.250. The summed E-state index contributed by atoms with van der Waals surface area (Å²) in [4.78, 5) is 16.2. The number of halogens is 2. The molecule has 0 atom stereocenters. The summed E-state index contributed by atoms with van der Waals surface area (Å²) in [5.41, 5.74) is 1.45. The summed E-state index contributed by atoms with van der Waals surface area (Å²) in [5.74, 6) is 0.363. The molecule has 1 N–H and O–H groups in total. The van der Waals surface area contributed by atoms with Gasteiger partial charge in [0.2, 0.25) is 11.8 Å². The fourth-order valence-corrected chi connectivity index (χ4v) is 2.47. The van der Waals surface area contributed by atoms with Gasteiger partial charge >= 0.3 is 0 Å². The highest BCUT2D eigenvalue weighted by Gasteiger charge is 2.11. The van der Waals surface area contributed by atoms with E-state index in [1.807, 2.05) is 13.0 Å². The number of carbonyl (C=O) groups excluding carboxylic acids is 1. The van der Waals surface area contributed by atoms with Gasteiger partial charge in [0.1, 0.15) is 0 Å². The second-order valence-electron chi connectivity index (χ2n) is 4.55. The van der Waals surface area contributed by atoms with Crippen LogP contribution in [0.2, 0.25) is 10.0 Å². The van der Waals surface area contributed by atoms with Gasteiger partial charge in [-0.3, -0.25) is 4.79 Å². The minimum absolute atomic E-state index is 0.128. The van der Waals surface area contributed by atoms with Crippen molar-refractivity contribution in [3.05, 3.63) is 57.7 Å². The first-order chi connectivity index (χ1) is 10.6. The second-order valence-corrected chi connectivity index (χ2v) is 5.37. The van der Waals surface area contributed by atoms with Crippen LogP contribution in [0.4, 0.5) is 0 Å². The number of nitrogens with zero attached hydrogens (tertiary/aromatic N) is 1. The van der Waals surface area contributed by atoms with Crippen LogP contribution in [-0.4, -0.2) is 17.5 Å². The first-order valence-corrected chi connectivity index (χ1v) is 7.63. The van der Waals surface area contributed by atoms with Crippen molar-refractivity contribution in [1.82, 2.24) is 10.3 Å². The lowest BCUT2D eigenvalue weighted by atomic mass is 10.1. The van der Waals surface area contributed by atoms with Crippen LogP contribution < -0.4 is 10.1 Å². The van der Waals surface area contributed by atoms with Gasteiger partial charge in [0, 0.05) is 28.4 Å². The highest BCUT2D eigenvalue weighted by atomic mass is 35.5. The Morgan fingerprint density at radius 3 is 2.64 bits per heavy atom. The van der Waals surface area contributed by atoms with E-state index >= 15 is 0 Å². The molecule has 0 fully saturated rings. The molecule has 0 radical (unpaired) electrons. The quantitative estimate of drug-likeness (QED) is 0.874. The average molecular weight is 339 g/mol. The van der Waals surface area contributed by atoms with Gasteiger partial charge in [0.05, 0.1) is 13.0 Å². The molecule has 1 aromatic heterocycles. The van der Waals surface area contributed by atoms with Crippen molar-refractivity contribution in [2.24, 2.45) is 0 Å². The number of amides is 1. The lowest BCUT2D eigenvalue weighted by Gasteiger charge is -2.11. The number of carbonyl (C=O) groups is 1. The maximum absolute atomic E-state index is 12.1. The topological polar surface area (TPSA) is 51.2 Å². The Morgan fingerprint density at radius 2 is 1.95 bits per heavy atom. The average Bonchev–Trinajstić information content (AvgIpc) is 2.50. The van der Waals surface area contributed by atoms with Crippen molar-refractivity contribution in [2.75, 3.05) is 6.61 Å². The van der Waals surface area contributed by atoms with Crippen molar-refractivity contribution in [3.63, 3.8) is 0 Å². The van der Waals surface area contributed by atoms with Gasteiger partial charge in [-0.2, -0.15) is 0 Å². The van der Waals surface area contributed by atoms with E-state index in [-0.39, 0.29) is 12.3 Å². The van der Waals surface area contributed by atoms with Crippen molar-refractivity contribution in [2.45, 2.75) is 19.9 Å². The lowest BCUT2D eigenvalue weighted by Crippen LogP contribution is -2.25. The normalized spacial score (nSPS) is 10.3. The summed E-state index contributed by atoms with van der Waals surface area (Å²) in [7, 11) is 0. The van der Waals surface area contributed by atoms with E-state index < -0.39 is 0 Å². The first-order valence-electron chi connectivity index (χ1n) is 6.88. The van der Waals surface area contributed by atoms with Gasteiger partial charge in [0.15, 0.2) is 0 Å². The summed E-state index contributed by atoms with van der Waals surface area (Å²) in [6.07, 6.45) is 1.78.